The van der Waals surface area contributed by atoms with Crippen LogP contribution in [0.4, 0.5) is 5.69 Å². The molecule has 1 aromatic carbocycles. The van der Waals surface area contributed by atoms with Crippen LogP contribution in [0.2, 0.25) is 0 Å². The van der Waals surface area contributed by atoms with Crippen molar-refractivity contribution in [2.45, 2.75) is 19.9 Å². The summed E-state index contributed by atoms with van der Waals surface area (Å²) in [5.41, 5.74) is 8.92. The zero-order valence-electron chi connectivity index (χ0n) is 10.1. The number of hydrogen-bond acceptors (Lipinski definition) is 4. The van der Waals surface area contributed by atoms with Crippen molar-refractivity contribution < 1.29 is 9.84 Å². The van der Waals surface area contributed by atoms with Crippen LogP contribution in [0.25, 0.3) is 0 Å². The van der Waals surface area contributed by atoms with Crippen LogP contribution in [0.1, 0.15) is 11.1 Å². The van der Waals surface area contributed by atoms with Gasteiger partial charge in [-0.1, -0.05) is 0 Å². The van der Waals surface area contributed by atoms with Crippen molar-refractivity contribution in [3.05, 3.63) is 23.3 Å². The molecular formula is C12H20N2O2. The Balaban J connectivity index is 2.81. The number of aliphatic hydroxyl groups excluding tert-OH is 1. The fraction of sp³-hybridized carbons (Fsp3) is 0.500. The molecule has 1 rings (SSSR count). The van der Waals surface area contributed by atoms with Gasteiger partial charge in [-0.3, -0.25) is 0 Å². The second kappa shape index (κ2) is 5.72. The highest BCUT2D eigenvalue weighted by atomic mass is 16.5. The van der Waals surface area contributed by atoms with Gasteiger partial charge < -0.3 is 20.9 Å². The average molecular weight is 224 g/mol. The lowest BCUT2D eigenvalue weighted by molar-refractivity contribution is 0.270. The summed E-state index contributed by atoms with van der Waals surface area (Å²) >= 11 is 0. The molecule has 4 N–H and O–H groups in total. The van der Waals surface area contributed by atoms with Gasteiger partial charge >= 0.3 is 0 Å². The van der Waals surface area contributed by atoms with Gasteiger partial charge in [0, 0.05) is 12.6 Å². The first kappa shape index (κ1) is 12.8. The maximum absolute atomic E-state index is 8.84. The lowest BCUT2D eigenvalue weighted by Crippen LogP contribution is -2.32. The van der Waals surface area contributed by atoms with E-state index < -0.39 is 0 Å². The first-order valence-electron chi connectivity index (χ1n) is 5.34. The number of benzene rings is 1. The quantitative estimate of drug-likeness (QED) is 0.699. The van der Waals surface area contributed by atoms with Crippen molar-refractivity contribution in [1.82, 2.24) is 0 Å². The normalized spacial score (nSPS) is 12.3. The van der Waals surface area contributed by atoms with Gasteiger partial charge in [-0.2, -0.15) is 0 Å². The van der Waals surface area contributed by atoms with E-state index in [2.05, 4.69) is 5.32 Å². The highest BCUT2D eigenvalue weighted by molar-refractivity contribution is 5.60. The highest BCUT2D eigenvalue weighted by Gasteiger charge is 2.07. The fourth-order valence-electron chi connectivity index (χ4n) is 1.40. The Hall–Kier alpha value is -1.26. The van der Waals surface area contributed by atoms with Gasteiger partial charge in [-0.25, -0.2) is 0 Å². The summed E-state index contributed by atoms with van der Waals surface area (Å²) in [4.78, 5) is 0. The largest absolute Gasteiger partial charge is 0.495 e. The Morgan fingerprint density at radius 1 is 1.38 bits per heavy atom. The molecule has 1 atom stereocenters. The molecule has 0 fully saturated rings. The van der Waals surface area contributed by atoms with Crippen LogP contribution in [0.15, 0.2) is 12.1 Å². The van der Waals surface area contributed by atoms with Crippen LogP contribution >= 0.6 is 0 Å². The minimum atomic E-state index is -0.258. The Morgan fingerprint density at radius 2 is 2.00 bits per heavy atom. The molecule has 0 saturated carbocycles. The van der Waals surface area contributed by atoms with Crippen molar-refractivity contribution in [2.24, 2.45) is 5.73 Å². The summed E-state index contributed by atoms with van der Waals surface area (Å²) in [6, 6.07) is 3.76. The summed E-state index contributed by atoms with van der Waals surface area (Å²) < 4.78 is 5.28. The Morgan fingerprint density at radius 3 is 2.56 bits per heavy atom. The van der Waals surface area contributed by atoms with Crippen LogP contribution in [-0.2, 0) is 0 Å². The molecule has 0 bridgehead atoms. The number of methoxy groups -OCH3 is 1. The van der Waals surface area contributed by atoms with E-state index in [-0.39, 0.29) is 12.6 Å². The van der Waals surface area contributed by atoms with Gasteiger partial charge in [-0.15, -0.1) is 0 Å². The molecule has 0 aliphatic heterocycles. The van der Waals surface area contributed by atoms with E-state index in [1.54, 1.807) is 7.11 Å². The first-order valence-corrected chi connectivity index (χ1v) is 5.34. The first-order chi connectivity index (χ1) is 7.58. The Bertz CT molecular complexity index is 353. The number of nitrogens with two attached hydrogens (primary N) is 1. The molecule has 0 radical (unpaired) electrons. The predicted molar refractivity (Wildman–Crippen MR) is 66.0 cm³/mol. The summed E-state index contributed by atoms with van der Waals surface area (Å²) in [6.07, 6.45) is 0. The summed E-state index contributed by atoms with van der Waals surface area (Å²) in [6.45, 7) is 4.59. The summed E-state index contributed by atoms with van der Waals surface area (Å²) in [5, 5.41) is 12.0. The van der Waals surface area contributed by atoms with Crippen LogP contribution in [0, 0.1) is 13.8 Å². The van der Waals surface area contributed by atoms with E-state index in [4.69, 9.17) is 15.6 Å². The Kier molecular flexibility index (Phi) is 4.58. The predicted octanol–water partition coefficient (Wildman–Crippen LogP) is 1.04. The van der Waals surface area contributed by atoms with Crippen molar-refractivity contribution in [3.63, 3.8) is 0 Å². The standard InChI is InChI=1S/C12H20N2O2/c1-8-4-11(14-6-10(13)7-15)12(16-3)5-9(8)2/h4-5,10,14-15H,6-7,13H2,1-3H3. The van der Waals surface area contributed by atoms with Crippen LogP contribution in [-0.4, -0.2) is 31.4 Å². The van der Waals surface area contributed by atoms with Gasteiger partial charge in [0.05, 0.1) is 19.4 Å². The van der Waals surface area contributed by atoms with E-state index >= 15 is 0 Å². The lowest BCUT2D eigenvalue weighted by Gasteiger charge is -2.15. The third-order valence-corrected chi connectivity index (χ3v) is 2.61. The van der Waals surface area contributed by atoms with Gasteiger partial charge in [0.1, 0.15) is 5.75 Å². The minimum absolute atomic E-state index is 0.0276. The number of nitrogens with one attached hydrogen (secondary N) is 1. The van der Waals surface area contributed by atoms with Crippen LogP contribution in [0.5, 0.6) is 5.75 Å². The molecule has 4 nitrogen and oxygen atoms in total. The molecule has 16 heavy (non-hydrogen) atoms. The third kappa shape index (κ3) is 3.12. The van der Waals surface area contributed by atoms with E-state index in [0.29, 0.717) is 6.54 Å². The van der Waals surface area contributed by atoms with Crippen molar-refractivity contribution in [3.8, 4) is 5.75 Å². The summed E-state index contributed by atoms with van der Waals surface area (Å²) in [5.74, 6) is 0.799. The summed E-state index contributed by atoms with van der Waals surface area (Å²) in [7, 11) is 1.64. The van der Waals surface area contributed by atoms with E-state index in [9.17, 15) is 0 Å². The Labute approximate surface area is 96.4 Å². The smallest absolute Gasteiger partial charge is 0.142 e. The van der Waals surface area contributed by atoms with Gasteiger partial charge in [0.15, 0.2) is 0 Å². The van der Waals surface area contributed by atoms with Gasteiger partial charge in [0.25, 0.3) is 0 Å². The molecule has 0 saturated heterocycles. The van der Waals surface area contributed by atoms with Crippen molar-refractivity contribution in [1.29, 1.82) is 0 Å². The van der Waals surface area contributed by atoms with Crippen LogP contribution < -0.4 is 15.8 Å². The fourth-order valence-corrected chi connectivity index (χ4v) is 1.40. The molecule has 1 aromatic rings. The highest BCUT2D eigenvalue weighted by Crippen LogP contribution is 2.27. The molecule has 90 valence electrons. The third-order valence-electron chi connectivity index (χ3n) is 2.61. The molecule has 1 unspecified atom stereocenters. The van der Waals surface area contributed by atoms with E-state index in [1.165, 1.54) is 11.1 Å². The van der Waals surface area contributed by atoms with Gasteiger partial charge in [-0.05, 0) is 37.1 Å². The number of aliphatic hydroxyl groups is 1. The SMILES string of the molecule is COc1cc(C)c(C)cc1NCC(N)CO. The van der Waals surface area contributed by atoms with Crippen molar-refractivity contribution >= 4 is 5.69 Å². The lowest BCUT2D eigenvalue weighted by atomic mass is 10.1. The number of ether oxygens (including phenoxy) is 1. The maximum atomic E-state index is 8.84. The zero-order chi connectivity index (χ0) is 12.1. The number of rotatable bonds is 5. The molecule has 4 heteroatoms. The number of anilines is 1. The van der Waals surface area contributed by atoms with Crippen LogP contribution in [0.3, 0.4) is 0 Å². The average Bonchev–Trinajstić information content (AvgIpc) is 2.29. The molecule has 0 spiro atoms. The second-order valence-electron chi connectivity index (χ2n) is 3.96. The minimum Gasteiger partial charge on any atom is -0.495 e. The molecular weight excluding hydrogens is 204 g/mol. The van der Waals surface area contributed by atoms with Crippen molar-refractivity contribution in [2.75, 3.05) is 25.6 Å². The van der Waals surface area contributed by atoms with Gasteiger partial charge in [0.2, 0.25) is 0 Å². The molecule has 0 aromatic heterocycles. The zero-order valence-corrected chi connectivity index (χ0v) is 10.1. The topological polar surface area (TPSA) is 67.5 Å². The number of aryl methyl sites for hydroxylation is 2. The molecule has 0 heterocycles. The second-order valence-corrected chi connectivity index (χ2v) is 3.96. The molecule has 0 aliphatic rings. The van der Waals surface area contributed by atoms with E-state index in [0.717, 1.165) is 11.4 Å². The number of hydrogen-bond donors (Lipinski definition) is 3. The molecule has 0 amide bonds. The molecule has 0 aliphatic carbocycles. The maximum Gasteiger partial charge on any atom is 0.142 e. The van der Waals surface area contributed by atoms with E-state index in [1.807, 2.05) is 26.0 Å². The monoisotopic (exact) mass is 224 g/mol.